The molecule has 1 aromatic rings. The van der Waals surface area contributed by atoms with Crippen molar-refractivity contribution in [2.75, 3.05) is 44.2 Å². The van der Waals surface area contributed by atoms with Gasteiger partial charge in [-0.15, -0.1) is 0 Å². The van der Waals surface area contributed by atoms with E-state index in [0.29, 0.717) is 19.1 Å². The molecule has 0 aromatic heterocycles. The van der Waals surface area contributed by atoms with Gasteiger partial charge in [0.05, 0.1) is 12.6 Å². The number of piperazine rings is 1. The molecule has 0 bridgehead atoms. The number of likely N-dealkylation sites (tertiary alicyclic amines) is 1. The van der Waals surface area contributed by atoms with E-state index in [4.69, 9.17) is 11.6 Å². The van der Waals surface area contributed by atoms with Crippen molar-refractivity contribution in [3.63, 3.8) is 0 Å². The van der Waals surface area contributed by atoms with Gasteiger partial charge >= 0.3 is 0 Å². The fourth-order valence-electron chi connectivity index (χ4n) is 4.11. The molecular formula is C21H31ClN4O2. The summed E-state index contributed by atoms with van der Waals surface area (Å²) in [6.07, 6.45) is 3.08. The van der Waals surface area contributed by atoms with Gasteiger partial charge in [0.2, 0.25) is 11.8 Å². The first-order chi connectivity index (χ1) is 13.5. The summed E-state index contributed by atoms with van der Waals surface area (Å²) in [5.41, 5.74) is 1.12. The van der Waals surface area contributed by atoms with Crippen LogP contribution in [0.15, 0.2) is 24.3 Å². The van der Waals surface area contributed by atoms with Crippen molar-refractivity contribution in [1.82, 2.24) is 15.1 Å². The van der Waals surface area contributed by atoms with E-state index in [1.165, 1.54) is 0 Å². The molecule has 2 saturated heterocycles. The Bertz CT molecular complexity index is 671. The van der Waals surface area contributed by atoms with Crippen LogP contribution in [0.5, 0.6) is 0 Å². The largest absolute Gasteiger partial charge is 0.368 e. The quantitative estimate of drug-likeness (QED) is 0.815. The molecule has 2 aliphatic rings. The SMILES string of the molecule is CC(C)N1CCCCC1C(=O)NCC(=O)N1CCN(c2ccc(Cl)cc2)CC1. The minimum Gasteiger partial charge on any atom is -0.368 e. The van der Waals surface area contributed by atoms with Gasteiger partial charge in [-0.05, 0) is 57.5 Å². The van der Waals surface area contributed by atoms with Crippen molar-refractivity contribution in [3.05, 3.63) is 29.3 Å². The zero-order chi connectivity index (χ0) is 20.1. The van der Waals surface area contributed by atoms with Crippen molar-refractivity contribution < 1.29 is 9.59 Å². The second kappa shape index (κ2) is 9.61. The number of nitrogens with one attached hydrogen (secondary N) is 1. The summed E-state index contributed by atoms with van der Waals surface area (Å²) in [5, 5.41) is 3.61. The Morgan fingerprint density at radius 1 is 1.07 bits per heavy atom. The van der Waals surface area contributed by atoms with Crippen molar-refractivity contribution in [2.24, 2.45) is 0 Å². The van der Waals surface area contributed by atoms with Crippen LogP contribution in [0, 0.1) is 0 Å². The maximum atomic E-state index is 12.6. The zero-order valence-corrected chi connectivity index (χ0v) is 17.6. The highest BCUT2D eigenvalue weighted by Crippen LogP contribution is 2.20. The number of hydrogen-bond acceptors (Lipinski definition) is 4. The summed E-state index contributed by atoms with van der Waals surface area (Å²) < 4.78 is 0. The average Bonchev–Trinajstić information content (AvgIpc) is 2.72. The third-order valence-electron chi connectivity index (χ3n) is 5.75. The molecule has 1 aromatic carbocycles. The van der Waals surface area contributed by atoms with Crippen molar-refractivity contribution in [2.45, 2.75) is 45.2 Å². The zero-order valence-electron chi connectivity index (χ0n) is 16.9. The van der Waals surface area contributed by atoms with Crippen LogP contribution in [0.25, 0.3) is 0 Å². The van der Waals surface area contributed by atoms with Gasteiger partial charge in [-0.1, -0.05) is 18.0 Å². The number of halogens is 1. The molecule has 6 nitrogen and oxygen atoms in total. The van der Waals surface area contributed by atoms with Crippen LogP contribution in [-0.4, -0.2) is 73.0 Å². The molecular weight excluding hydrogens is 376 g/mol. The highest BCUT2D eigenvalue weighted by Gasteiger charge is 2.30. The number of hydrogen-bond donors (Lipinski definition) is 1. The van der Waals surface area contributed by atoms with E-state index in [-0.39, 0.29) is 24.4 Å². The van der Waals surface area contributed by atoms with Crippen LogP contribution >= 0.6 is 11.6 Å². The lowest BCUT2D eigenvalue weighted by molar-refractivity contribution is -0.135. The van der Waals surface area contributed by atoms with Crippen LogP contribution in [0.1, 0.15) is 33.1 Å². The predicted molar refractivity (Wildman–Crippen MR) is 113 cm³/mol. The third-order valence-corrected chi connectivity index (χ3v) is 6.00. The number of carbonyl (C=O) groups is 2. The van der Waals surface area contributed by atoms with Crippen LogP contribution in [0.3, 0.4) is 0 Å². The topological polar surface area (TPSA) is 55.9 Å². The minimum absolute atomic E-state index is 0.00369. The van der Waals surface area contributed by atoms with Gasteiger partial charge in [0.15, 0.2) is 0 Å². The lowest BCUT2D eigenvalue weighted by atomic mass is 9.99. The summed E-state index contributed by atoms with van der Waals surface area (Å²) in [6.45, 7) is 8.18. The number of anilines is 1. The number of piperidine rings is 1. The molecule has 2 heterocycles. The first-order valence-corrected chi connectivity index (χ1v) is 10.7. The normalized spacial score (nSPS) is 21.1. The molecule has 2 fully saturated rings. The molecule has 0 aliphatic carbocycles. The Labute approximate surface area is 172 Å². The minimum atomic E-state index is -0.108. The summed E-state index contributed by atoms with van der Waals surface area (Å²) in [6, 6.07) is 8.01. The summed E-state index contributed by atoms with van der Waals surface area (Å²) in [4.78, 5) is 31.5. The smallest absolute Gasteiger partial charge is 0.242 e. The standard InChI is InChI=1S/C21H31ClN4O2/c1-16(2)26-10-4-3-5-19(26)21(28)23-15-20(27)25-13-11-24(12-14-25)18-8-6-17(22)7-9-18/h6-9,16,19H,3-5,10-15H2,1-2H3,(H,23,28). The monoisotopic (exact) mass is 406 g/mol. The molecule has 1 atom stereocenters. The molecule has 28 heavy (non-hydrogen) atoms. The molecule has 3 rings (SSSR count). The Kier molecular flexibility index (Phi) is 7.18. The summed E-state index contributed by atoms with van der Waals surface area (Å²) >= 11 is 5.95. The molecule has 1 unspecified atom stereocenters. The van der Waals surface area contributed by atoms with E-state index in [1.807, 2.05) is 29.2 Å². The molecule has 7 heteroatoms. The molecule has 2 aliphatic heterocycles. The van der Waals surface area contributed by atoms with E-state index in [1.54, 1.807) is 0 Å². The van der Waals surface area contributed by atoms with Gasteiger partial charge in [-0.25, -0.2) is 0 Å². The Morgan fingerprint density at radius 2 is 1.75 bits per heavy atom. The van der Waals surface area contributed by atoms with Crippen LogP contribution in [-0.2, 0) is 9.59 Å². The Morgan fingerprint density at radius 3 is 2.39 bits per heavy atom. The fraction of sp³-hybridized carbons (Fsp3) is 0.619. The lowest BCUT2D eigenvalue weighted by Gasteiger charge is -2.38. The maximum absolute atomic E-state index is 12.6. The highest BCUT2D eigenvalue weighted by atomic mass is 35.5. The maximum Gasteiger partial charge on any atom is 0.242 e. The van der Waals surface area contributed by atoms with Crippen molar-refractivity contribution >= 4 is 29.1 Å². The summed E-state index contributed by atoms with van der Waals surface area (Å²) in [5.74, 6) is -0.0161. The highest BCUT2D eigenvalue weighted by molar-refractivity contribution is 6.30. The van der Waals surface area contributed by atoms with Crippen LogP contribution in [0.2, 0.25) is 5.02 Å². The van der Waals surface area contributed by atoms with Gasteiger partial charge in [0, 0.05) is 42.9 Å². The van der Waals surface area contributed by atoms with Crippen LogP contribution < -0.4 is 10.2 Å². The summed E-state index contributed by atoms with van der Waals surface area (Å²) in [7, 11) is 0. The lowest BCUT2D eigenvalue weighted by Crippen LogP contribution is -2.55. The van der Waals surface area contributed by atoms with E-state index in [2.05, 4.69) is 29.0 Å². The van der Waals surface area contributed by atoms with Gasteiger partial charge in [0.1, 0.15) is 0 Å². The van der Waals surface area contributed by atoms with E-state index >= 15 is 0 Å². The third kappa shape index (κ3) is 5.17. The molecule has 0 radical (unpaired) electrons. The fourth-order valence-corrected chi connectivity index (χ4v) is 4.24. The number of carbonyl (C=O) groups excluding carboxylic acids is 2. The molecule has 154 valence electrons. The predicted octanol–water partition coefficient (Wildman–Crippen LogP) is 2.37. The van der Waals surface area contributed by atoms with Crippen molar-refractivity contribution in [1.29, 1.82) is 0 Å². The van der Waals surface area contributed by atoms with Gasteiger partial charge in [-0.3, -0.25) is 14.5 Å². The second-order valence-corrected chi connectivity index (χ2v) is 8.34. The van der Waals surface area contributed by atoms with Crippen LogP contribution in [0.4, 0.5) is 5.69 Å². The number of rotatable bonds is 5. The second-order valence-electron chi connectivity index (χ2n) is 7.91. The first kappa shape index (κ1) is 20.9. The molecule has 0 spiro atoms. The molecule has 2 amide bonds. The molecule has 1 N–H and O–H groups in total. The Balaban J connectivity index is 1.45. The van der Waals surface area contributed by atoms with Crippen molar-refractivity contribution in [3.8, 4) is 0 Å². The Hall–Kier alpha value is -1.79. The first-order valence-electron chi connectivity index (χ1n) is 10.3. The van der Waals surface area contributed by atoms with Gasteiger partial charge in [-0.2, -0.15) is 0 Å². The van der Waals surface area contributed by atoms with E-state index in [9.17, 15) is 9.59 Å². The number of benzene rings is 1. The number of amides is 2. The van der Waals surface area contributed by atoms with Gasteiger partial charge in [0.25, 0.3) is 0 Å². The molecule has 0 saturated carbocycles. The number of nitrogens with zero attached hydrogens (tertiary/aromatic N) is 3. The van der Waals surface area contributed by atoms with E-state index < -0.39 is 0 Å². The van der Waals surface area contributed by atoms with Gasteiger partial charge < -0.3 is 15.1 Å². The van der Waals surface area contributed by atoms with E-state index in [0.717, 1.165) is 49.6 Å². The average molecular weight is 407 g/mol.